The second kappa shape index (κ2) is 7.51. The van der Waals surface area contributed by atoms with Gasteiger partial charge in [-0.1, -0.05) is 24.3 Å². The lowest BCUT2D eigenvalue weighted by atomic mass is 10.1. The minimum absolute atomic E-state index is 0.0892. The van der Waals surface area contributed by atoms with Crippen LogP contribution >= 0.6 is 11.3 Å². The molecule has 0 unspecified atom stereocenters. The highest BCUT2D eigenvalue weighted by molar-refractivity contribution is 7.90. The predicted octanol–water partition coefficient (Wildman–Crippen LogP) is 5.12. The number of hydrogen-bond acceptors (Lipinski definition) is 5. The number of benzene rings is 2. The molecular weight excluding hydrogens is 414 g/mol. The molecule has 3 aromatic heterocycles. The summed E-state index contributed by atoms with van der Waals surface area (Å²) in [5.41, 5.74) is 2.87. The van der Waals surface area contributed by atoms with Gasteiger partial charge in [-0.25, -0.2) is 13.4 Å². The number of thiazole rings is 1. The molecule has 0 saturated carbocycles. The van der Waals surface area contributed by atoms with Crippen LogP contribution in [0.25, 0.3) is 27.7 Å². The van der Waals surface area contributed by atoms with Crippen molar-refractivity contribution in [2.75, 3.05) is 0 Å². The molecule has 2 aromatic carbocycles. The van der Waals surface area contributed by atoms with E-state index in [0.717, 1.165) is 27.7 Å². The summed E-state index contributed by atoms with van der Waals surface area (Å²) < 4.78 is 27.7. The fourth-order valence-corrected chi connectivity index (χ4v) is 5.73. The van der Waals surface area contributed by atoms with Crippen LogP contribution in [0.5, 0.6) is 0 Å². The number of fused-ring (bicyclic) bond motifs is 1. The average Bonchev–Trinajstić information content (AvgIpc) is 3.45. The van der Waals surface area contributed by atoms with Crippen molar-refractivity contribution < 1.29 is 8.42 Å². The van der Waals surface area contributed by atoms with Crippen molar-refractivity contribution in [3.8, 4) is 16.9 Å². The molecular formula is C23H17N3O2S2. The number of aromatic nitrogens is 3. The van der Waals surface area contributed by atoms with E-state index in [1.807, 2.05) is 65.5 Å². The third-order valence-electron chi connectivity index (χ3n) is 4.91. The zero-order chi connectivity index (χ0) is 20.6. The lowest BCUT2D eigenvalue weighted by Crippen LogP contribution is -2.04. The Morgan fingerprint density at radius 2 is 1.80 bits per heavy atom. The molecule has 0 atom stereocenters. The third kappa shape index (κ3) is 3.53. The largest absolute Gasteiger partial charge is 0.323 e. The molecule has 0 N–H and O–H groups in total. The van der Waals surface area contributed by atoms with Gasteiger partial charge >= 0.3 is 0 Å². The molecule has 0 aliphatic heterocycles. The molecule has 5 rings (SSSR count). The van der Waals surface area contributed by atoms with Gasteiger partial charge in [-0.15, -0.1) is 11.3 Å². The van der Waals surface area contributed by atoms with Gasteiger partial charge in [0.05, 0.1) is 10.6 Å². The van der Waals surface area contributed by atoms with Crippen molar-refractivity contribution in [2.45, 2.75) is 10.6 Å². The maximum Gasteiger partial charge on any atom is 0.184 e. The molecule has 0 radical (unpaired) electrons. The Kier molecular flexibility index (Phi) is 4.69. The van der Waals surface area contributed by atoms with Gasteiger partial charge in [0.15, 0.2) is 9.84 Å². The number of rotatable bonds is 5. The molecule has 0 aliphatic carbocycles. The topological polar surface area (TPSA) is 64.8 Å². The fourth-order valence-electron chi connectivity index (χ4n) is 3.45. The highest BCUT2D eigenvalue weighted by atomic mass is 32.2. The van der Waals surface area contributed by atoms with Crippen LogP contribution in [0.4, 0.5) is 0 Å². The predicted molar refractivity (Wildman–Crippen MR) is 120 cm³/mol. The Balaban J connectivity index is 1.53. The number of hydrogen-bond donors (Lipinski definition) is 0. The summed E-state index contributed by atoms with van der Waals surface area (Å²) in [6.07, 6.45) is 7.37. The van der Waals surface area contributed by atoms with Gasteiger partial charge in [0, 0.05) is 46.8 Å². The molecule has 5 nitrogen and oxygen atoms in total. The second-order valence-electron chi connectivity index (χ2n) is 6.87. The van der Waals surface area contributed by atoms with E-state index in [1.54, 1.807) is 29.9 Å². The van der Waals surface area contributed by atoms with Crippen LogP contribution in [-0.2, 0) is 15.6 Å². The van der Waals surface area contributed by atoms with E-state index in [1.165, 1.54) is 11.3 Å². The van der Waals surface area contributed by atoms with Gasteiger partial charge in [0.1, 0.15) is 10.8 Å². The minimum Gasteiger partial charge on any atom is -0.323 e. The lowest BCUT2D eigenvalue weighted by molar-refractivity contribution is 0.595. The van der Waals surface area contributed by atoms with Crippen LogP contribution < -0.4 is 0 Å². The number of nitrogens with zero attached hydrogens (tertiary/aromatic N) is 3. The lowest BCUT2D eigenvalue weighted by Gasteiger charge is -2.08. The summed E-state index contributed by atoms with van der Waals surface area (Å²) in [5, 5.41) is 4.13. The van der Waals surface area contributed by atoms with Gasteiger partial charge in [-0.2, -0.15) is 0 Å². The molecule has 0 amide bonds. The smallest absolute Gasteiger partial charge is 0.184 e. The maximum atomic E-state index is 12.8. The molecule has 7 heteroatoms. The highest BCUT2D eigenvalue weighted by Crippen LogP contribution is 2.30. The summed E-state index contributed by atoms with van der Waals surface area (Å²) in [6, 6.07) is 19.1. The van der Waals surface area contributed by atoms with Gasteiger partial charge < -0.3 is 4.57 Å². The first-order valence-electron chi connectivity index (χ1n) is 9.34. The number of para-hydroxylation sites is 1. The molecule has 0 spiro atoms. The van der Waals surface area contributed by atoms with Gasteiger partial charge in [0.2, 0.25) is 0 Å². The Bertz CT molecular complexity index is 1420. The van der Waals surface area contributed by atoms with E-state index < -0.39 is 9.84 Å². The van der Waals surface area contributed by atoms with E-state index in [4.69, 9.17) is 0 Å². The monoisotopic (exact) mass is 431 g/mol. The van der Waals surface area contributed by atoms with E-state index in [2.05, 4.69) is 9.97 Å². The molecule has 30 heavy (non-hydrogen) atoms. The van der Waals surface area contributed by atoms with Crippen LogP contribution in [-0.4, -0.2) is 23.0 Å². The number of sulfone groups is 1. The molecule has 0 saturated heterocycles. The zero-order valence-electron chi connectivity index (χ0n) is 15.8. The van der Waals surface area contributed by atoms with Crippen molar-refractivity contribution in [1.29, 1.82) is 0 Å². The normalized spacial score (nSPS) is 11.7. The Morgan fingerprint density at radius 3 is 2.60 bits per heavy atom. The average molecular weight is 432 g/mol. The maximum absolute atomic E-state index is 12.8. The van der Waals surface area contributed by atoms with Crippen molar-refractivity contribution in [1.82, 2.24) is 14.5 Å². The van der Waals surface area contributed by atoms with Crippen LogP contribution in [0.2, 0.25) is 0 Å². The summed E-state index contributed by atoms with van der Waals surface area (Å²) in [5.74, 6) is -0.0892. The second-order valence-corrected chi connectivity index (χ2v) is 9.84. The minimum atomic E-state index is -3.46. The highest BCUT2D eigenvalue weighted by Gasteiger charge is 2.18. The van der Waals surface area contributed by atoms with E-state index in [9.17, 15) is 8.42 Å². The van der Waals surface area contributed by atoms with Crippen molar-refractivity contribution in [2.24, 2.45) is 0 Å². The summed E-state index contributed by atoms with van der Waals surface area (Å²) in [7, 11) is -3.46. The summed E-state index contributed by atoms with van der Waals surface area (Å²) in [4.78, 5) is 8.96. The molecule has 0 bridgehead atoms. The van der Waals surface area contributed by atoms with Crippen molar-refractivity contribution >= 4 is 31.9 Å². The Morgan fingerprint density at radius 1 is 0.933 bits per heavy atom. The fraction of sp³-hybridized carbons (Fsp3) is 0.0435. The standard InChI is InChI=1S/C23H17N3O2S2/c27-30(28,16-22-24-11-13-29-22)20-6-7-21-17(14-20)8-10-25-23(21)18-9-12-26(15-18)19-4-2-1-3-5-19/h1-15H,16H2. The summed E-state index contributed by atoms with van der Waals surface area (Å²) >= 11 is 1.35. The van der Waals surface area contributed by atoms with Crippen LogP contribution in [0.15, 0.2) is 95.7 Å². The van der Waals surface area contributed by atoms with E-state index in [0.29, 0.717) is 9.90 Å². The molecule has 3 heterocycles. The molecule has 0 aliphatic rings. The van der Waals surface area contributed by atoms with Gasteiger partial charge in [-0.05, 0) is 41.8 Å². The quantitative estimate of drug-likeness (QED) is 0.387. The van der Waals surface area contributed by atoms with Gasteiger partial charge in [-0.3, -0.25) is 4.98 Å². The SMILES string of the molecule is O=S(=O)(Cc1nccs1)c1ccc2c(-c3ccn(-c4ccccc4)c3)nccc2c1. The molecule has 0 fully saturated rings. The molecule has 5 aromatic rings. The zero-order valence-corrected chi connectivity index (χ0v) is 17.5. The van der Waals surface area contributed by atoms with Crippen molar-refractivity contribution in [3.63, 3.8) is 0 Å². The molecule has 148 valence electrons. The van der Waals surface area contributed by atoms with E-state index >= 15 is 0 Å². The Labute approximate surface area is 178 Å². The third-order valence-corrected chi connectivity index (χ3v) is 7.50. The van der Waals surface area contributed by atoms with E-state index in [-0.39, 0.29) is 5.75 Å². The van der Waals surface area contributed by atoms with Crippen LogP contribution in [0.1, 0.15) is 5.01 Å². The van der Waals surface area contributed by atoms with Gasteiger partial charge in [0.25, 0.3) is 0 Å². The van der Waals surface area contributed by atoms with Crippen molar-refractivity contribution in [3.05, 3.63) is 95.8 Å². The first-order valence-corrected chi connectivity index (χ1v) is 11.9. The number of pyridine rings is 1. The first-order chi connectivity index (χ1) is 14.6. The van der Waals surface area contributed by atoms with Crippen LogP contribution in [0, 0.1) is 0 Å². The summed E-state index contributed by atoms with van der Waals surface area (Å²) in [6.45, 7) is 0. The Hall–Kier alpha value is -3.29. The first kappa shape index (κ1) is 18.7. The van der Waals surface area contributed by atoms with Crippen LogP contribution in [0.3, 0.4) is 0 Å².